The van der Waals surface area contributed by atoms with E-state index < -0.39 is 92.7 Å². The third kappa shape index (κ3) is 4.31. The van der Waals surface area contributed by atoms with Gasteiger partial charge in [0.2, 0.25) is 5.60 Å². The molecule has 2 saturated carbocycles. The maximum Gasteiger partial charge on any atom is 0.509 e. The number of benzene rings is 1. The van der Waals surface area contributed by atoms with E-state index in [4.69, 9.17) is 33.2 Å². The molecule has 2 spiro atoms. The smallest absolute Gasteiger partial charge is 0.456 e. The van der Waals surface area contributed by atoms with Crippen LogP contribution < -0.4 is 0 Å². The summed E-state index contributed by atoms with van der Waals surface area (Å²) in [5, 5.41) is 13.0. The lowest BCUT2D eigenvalue weighted by Crippen LogP contribution is -2.74. The lowest BCUT2D eigenvalue weighted by molar-refractivity contribution is -0.260. The molecular weight excluding hydrogens is 668 g/mol. The fourth-order valence-corrected chi connectivity index (χ4v) is 11.5. The first-order chi connectivity index (χ1) is 24.2. The van der Waals surface area contributed by atoms with Crippen LogP contribution in [0.15, 0.2) is 53.6 Å². The van der Waals surface area contributed by atoms with Crippen molar-refractivity contribution in [3.05, 3.63) is 59.2 Å². The molecule has 7 aliphatic rings. The maximum atomic E-state index is 15.0. The zero-order chi connectivity index (χ0) is 37.5. The first-order valence-electron chi connectivity index (χ1n) is 18.6. The second-order valence-corrected chi connectivity index (χ2v) is 18.2. The van der Waals surface area contributed by atoms with Crippen LogP contribution in [-0.4, -0.2) is 76.8 Å². The zero-order valence-corrected chi connectivity index (χ0v) is 31.7. The van der Waals surface area contributed by atoms with Gasteiger partial charge in [0.05, 0.1) is 24.7 Å². The molecule has 4 bridgehead atoms. The highest BCUT2D eigenvalue weighted by atomic mass is 16.8. The lowest BCUT2D eigenvalue weighted by Gasteiger charge is -2.63. The van der Waals surface area contributed by atoms with E-state index in [0.717, 1.165) is 11.1 Å². The molecule has 1 N–H and O–H groups in total. The highest BCUT2D eigenvalue weighted by Crippen LogP contribution is 2.68. The van der Waals surface area contributed by atoms with Crippen molar-refractivity contribution < 1.29 is 52.6 Å². The van der Waals surface area contributed by atoms with E-state index in [1.807, 2.05) is 105 Å². The van der Waals surface area contributed by atoms with E-state index in [9.17, 15) is 14.7 Å². The summed E-state index contributed by atoms with van der Waals surface area (Å²) in [6.07, 6.45) is 0.323. The first-order valence-corrected chi connectivity index (χ1v) is 18.6. The number of hydrogen-bond acceptors (Lipinski definition) is 11. The monoisotopic (exact) mass is 720 g/mol. The molecule has 11 nitrogen and oxygen atoms in total. The quantitative estimate of drug-likeness (QED) is 0.215. The minimum absolute atomic E-state index is 0.0954. The molecule has 52 heavy (non-hydrogen) atoms. The summed E-state index contributed by atoms with van der Waals surface area (Å²) in [6, 6.07) is 9.72. The molecule has 11 heteroatoms. The summed E-state index contributed by atoms with van der Waals surface area (Å²) in [6.45, 7) is 17.3. The van der Waals surface area contributed by atoms with Crippen molar-refractivity contribution in [3.8, 4) is 0 Å². The van der Waals surface area contributed by atoms with Gasteiger partial charge in [-0.3, -0.25) is 4.79 Å². The van der Waals surface area contributed by atoms with Gasteiger partial charge in [-0.1, -0.05) is 82.7 Å². The van der Waals surface area contributed by atoms with Crippen molar-refractivity contribution >= 4 is 18.1 Å². The normalized spacial score (nSPS) is 44.7. The molecular formula is C41H52O11. The van der Waals surface area contributed by atoms with Crippen LogP contribution in [0.4, 0.5) is 4.79 Å². The van der Waals surface area contributed by atoms with Crippen LogP contribution in [0.2, 0.25) is 0 Å². The number of aliphatic hydroxyl groups excluding tert-OH is 1. The zero-order valence-electron chi connectivity index (χ0n) is 31.7. The summed E-state index contributed by atoms with van der Waals surface area (Å²) in [5.74, 6) is -3.00. The van der Waals surface area contributed by atoms with Crippen molar-refractivity contribution in [2.45, 2.75) is 142 Å². The van der Waals surface area contributed by atoms with Gasteiger partial charge in [-0.15, -0.1) is 0 Å². The predicted octanol–water partition coefficient (Wildman–Crippen LogP) is 6.10. The number of esters is 2. The van der Waals surface area contributed by atoms with Crippen LogP contribution in [0.1, 0.15) is 93.6 Å². The fraction of sp³-hybridized carbons (Fsp3) is 0.683. The first kappa shape index (κ1) is 35.8. The SMILES string of the molecule is CC1=C2[C@H](O)[C@H](OC(=O)[C@@]34CC[C@@](C)(C(=O)O3)C4(C)C)[C@]3(C)[C@@H]([C@H]4OC(=O)O[C@]4(CC1)C2(C)C)[C@]1(C=C[C@H]3OCc2ccccc2)COC(C)(C)O1. The van der Waals surface area contributed by atoms with Gasteiger partial charge in [0, 0.05) is 22.2 Å². The van der Waals surface area contributed by atoms with Gasteiger partial charge in [0.15, 0.2) is 17.5 Å². The Morgan fingerprint density at radius 1 is 0.962 bits per heavy atom. The Labute approximate surface area is 305 Å². The third-order valence-electron chi connectivity index (χ3n) is 14.9. The summed E-state index contributed by atoms with van der Waals surface area (Å²) >= 11 is 0. The van der Waals surface area contributed by atoms with Crippen molar-refractivity contribution in [2.75, 3.05) is 6.61 Å². The molecule has 0 amide bonds. The topological polar surface area (TPSA) is 136 Å². The summed E-state index contributed by atoms with van der Waals surface area (Å²) in [7, 11) is 0. The number of carbonyl (C=O) groups is 3. The molecule has 1 aromatic carbocycles. The largest absolute Gasteiger partial charge is 0.509 e. The van der Waals surface area contributed by atoms with Crippen molar-refractivity contribution in [1.29, 1.82) is 0 Å². The second kappa shape index (κ2) is 10.9. The highest BCUT2D eigenvalue weighted by Gasteiger charge is 2.79. The molecule has 0 radical (unpaired) electrons. The van der Waals surface area contributed by atoms with Gasteiger partial charge in [0.25, 0.3) is 0 Å². The standard InChI is InChI=1S/C41H52O11/c1-23-15-18-40-30(49-33(45)51-40)28-38(9,25(46-21-24-13-11-10-12-14-24)16-17-39(28)22-47-36(6,7)52-39)29(27(42)26(23)34(40,2)3)48-32(44)41-20-19-37(8,31(43)50-41)35(41,4)5/h10-14,16-17,25,27-30,42H,15,18-22H2,1-9H3/t25-,27+,28-,29+,30-,37+,38+,39+,40+,41-/m1/s1. The van der Waals surface area contributed by atoms with Crippen LogP contribution in [0, 0.1) is 27.6 Å². The second-order valence-electron chi connectivity index (χ2n) is 18.2. The van der Waals surface area contributed by atoms with Crippen molar-refractivity contribution in [2.24, 2.45) is 27.6 Å². The van der Waals surface area contributed by atoms with E-state index in [1.165, 1.54) is 0 Å². The summed E-state index contributed by atoms with van der Waals surface area (Å²) < 4.78 is 45.5. The number of carbonyl (C=O) groups excluding carboxylic acids is 3. The van der Waals surface area contributed by atoms with E-state index in [-0.39, 0.29) is 19.6 Å². The molecule has 8 rings (SSSR count). The Morgan fingerprint density at radius 3 is 2.29 bits per heavy atom. The number of aliphatic hydroxyl groups is 1. The lowest BCUT2D eigenvalue weighted by atomic mass is 9.46. The van der Waals surface area contributed by atoms with Crippen LogP contribution in [-0.2, 0) is 49.4 Å². The van der Waals surface area contributed by atoms with Gasteiger partial charge >= 0.3 is 18.1 Å². The molecule has 282 valence electrons. The Bertz CT molecular complexity index is 1780. The Hall–Kier alpha value is -3.25. The number of hydrogen-bond donors (Lipinski definition) is 1. The fourth-order valence-electron chi connectivity index (χ4n) is 11.5. The summed E-state index contributed by atoms with van der Waals surface area (Å²) in [5.41, 5.74) is -5.64. The van der Waals surface area contributed by atoms with Crippen molar-refractivity contribution in [1.82, 2.24) is 0 Å². The molecule has 4 aliphatic carbocycles. The molecule has 3 aliphatic heterocycles. The highest BCUT2D eigenvalue weighted by molar-refractivity contribution is 5.93. The Morgan fingerprint density at radius 2 is 1.67 bits per heavy atom. The molecule has 0 aromatic heterocycles. The number of rotatable bonds is 5. The van der Waals surface area contributed by atoms with E-state index in [2.05, 4.69) is 0 Å². The molecule has 3 heterocycles. The maximum absolute atomic E-state index is 15.0. The minimum Gasteiger partial charge on any atom is -0.456 e. The van der Waals surface area contributed by atoms with Gasteiger partial charge in [0.1, 0.15) is 17.8 Å². The van der Waals surface area contributed by atoms with Crippen molar-refractivity contribution in [3.63, 3.8) is 0 Å². The van der Waals surface area contributed by atoms with Gasteiger partial charge < -0.3 is 38.3 Å². The molecule has 0 unspecified atom stereocenters. The molecule has 10 atom stereocenters. The summed E-state index contributed by atoms with van der Waals surface area (Å²) in [4.78, 5) is 41.9. The van der Waals surface area contributed by atoms with Crippen LogP contribution >= 0.6 is 0 Å². The van der Waals surface area contributed by atoms with Crippen LogP contribution in [0.3, 0.4) is 0 Å². The number of allylic oxidation sites excluding steroid dienone is 1. The Kier molecular flexibility index (Phi) is 7.51. The van der Waals surface area contributed by atoms with Gasteiger partial charge in [-0.25, -0.2) is 9.59 Å². The Balaban J connectivity index is 1.35. The van der Waals surface area contributed by atoms with Gasteiger partial charge in [-0.2, -0.15) is 0 Å². The molecule has 5 fully saturated rings. The minimum atomic E-state index is -1.57. The molecule has 3 saturated heterocycles. The predicted molar refractivity (Wildman–Crippen MR) is 185 cm³/mol. The van der Waals surface area contributed by atoms with E-state index in [1.54, 1.807) is 0 Å². The van der Waals surface area contributed by atoms with Crippen LogP contribution in [0.5, 0.6) is 0 Å². The van der Waals surface area contributed by atoms with E-state index in [0.29, 0.717) is 24.8 Å². The number of ether oxygens (including phenoxy) is 7. The number of fused-ring (bicyclic) bond motifs is 6. The van der Waals surface area contributed by atoms with Gasteiger partial charge in [-0.05, 0) is 64.5 Å². The molecule has 1 aromatic rings. The third-order valence-corrected chi connectivity index (χ3v) is 14.9. The average Bonchev–Trinajstić information content (AvgIpc) is 3.68. The average molecular weight is 721 g/mol. The van der Waals surface area contributed by atoms with E-state index >= 15 is 4.79 Å². The van der Waals surface area contributed by atoms with Crippen LogP contribution in [0.25, 0.3) is 0 Å².